The summed E-state index contributed by atoms with van der Waals surface area (Å²) in [5, 5.41) is 0.976. The van der Waals surface area contributed by atoms with Gasteiger partial charge >= 0.3 is 0 Å². The third-order valence-electron chi connectivity index (χ3n) is 3.40. The summed E-state index contributed by atoms with van der Waals surface area (Å²) in [5.41, 5.74) is 2.43. The van der Waals surface area contributed by atoms with Crippen LogP contribution in [0, 0.1) is 0 Å². The van der Waals surface area contributed by atoms with E-state index in [0.29, 0.717) is 37.5 Å². The number of ether oxygens (including phenoxy) is 1. The topological polar surface area (TPSA) is 57.5 Å². The van der Waals surface area contributed by atoms with Crippen molar-refractivity contribution >= 4 is 58.0 Å². The zero-order valence-electron chi connectivity index (χ0n) is 14.7. The molecule has 2 aromatic rings. The maximum Gasteiger partial charge on any atom is 0.193 e. The normalized spacial score (nSPS) is 13.0. The summed E-state index contributed by atoms with van der Waals surface area (Å²) in [6.45, 7) is 5.53. The highest BCUT2D eigenvalue weighted by Crippen LogP contribution is 2.34. The van der Waals surface area contributed by atoms with Crippen molar-refractivity contribution in [3.05, 3.63) is 51.6 Å². The van der Waals surface area contributed by atoms with Gasteiger partial charge in [-0.2, -0.15) is 0 Å². The Kier molecular flexibility index (Phi) is 7.05. The van der Waals surface area contributed by atoms with Crippen LogP contribution in [0.1, 0.15) is 31.9 Å². The Hall–Kier alpha value is -1.18. The zero-order chi connectivity index (χ0) is 19.5. The summed E-state index contributed by atoms with van der Waals surface area (Å²) >= 11 is 16.4. The predicted molar refractivity (Wildman–Crippen MR) is 114 cm³/mol. The van der Waals surface area contributed by atoms with E-state index in [2.05, 4.69) is 9.38 Å². The average Bonchev–Trinajstić information content (AvgIpc) is 2.61. The van der Waals surface area contributed by atoms with Crippen LogP contribution in [-0.4, -0.2) is 32.7 Å². The molecule has 0 bridgehead atoms. The molecule has 0 fully saturated rings. The fraction of sp³-hybridized carbons (Fsp3) is 0.278. The first kappa shape index (κ1) is 21.1. The van der Waals surface area contributed by atoms with Crippen molar-refractivity contribution in [2.75, 3.05) is 7.11 Å². The Bertz CT molecular complexity index is 852. The van der Waals surface area contributed by atoms with E-state index in [1.54, 1.807) is 24.4 Å². The minimum Gasteiger partial charge on any atom is -0.591 e. The largest absolute Gasteiger partial charge is 0.591 e. The van der Waals surface area contributed by atoms with E-state index in [0.717, 1.165) is 0 Å². The van der Waals surface area contributed by atoms with Gasteiger partial charge in [0, 0.05) is 17.3 Å². The van der Waals surface area contributed by atoms with E-state index >= 15 is 0 Å². The maximum absolute atomic E-state index is 12.3. The average molecular weight is 429 g/mol. The number of benzene rings is 1. The maximum atomic E-state index is 12.3. The molecule has 1 atom stereocenters. The summed E-state index contributed by atoms with van der Waals surface area (Å²) < 4.78 is 21.1. The Labute approximate surface area is 171 Å². The molecule has 26 heavy (non-hydrogen) atoms. The van der Waals surface area contributed by atoms with Gasteiger partial charge in [-0.05, 0) is 51.2 Å². The Morgan fingerprint density at radius 2 is 2.00 bits per heavy atom. The summed E-state index contributed by atoms with van der Waals surface area (Å²) in [4.78, 5) is 4.42. The number of halogens is 2. The highest BCUT2D eigenvalue weighted by Gasteiger charge is 2.26. The standard InChI is InChI=1S/C18H18Cl2N2O2S2/c1-18(2,3)26(23)22-10-13-11(7-8-14(19)15(13)20)16-12(17(25)24-4)6-5-9-21-16/h5-10H,1-4H3. The molecular formula is C18H18Cl2N2O2S2. The van der Waals surface area contributed by atoms with E-state index in [-0.39, 0.29) is 0 Å². The van der Waals surface area contributed by atoms with Gasteiger partial charge in [-0.3, -0.25) is 4.98 Å². The number of hydrogen-bond acceptors (Lipinski definition) is 5. The molecule has 0 N–H and O–H groups in total. The third-order valence-corrected chi connectivity index (χ3v) is 5.95. The van der Waals surface area contributed by atoms with Gasteiger partial charge in [0.05, 0.1) is 34.6 Å². The first-order valence-electron chi connectivity index (χ1n) is 7.64. The van der Waals surface area contributed by atoms with Crippen LogP contribution < -0.4 is 0 Å². The third kappa shape index (κ3) is 4.75. The van der Waals surface area contributed by atoms with Gasteiger partial charge in [0.2, 0.25) is 0 Å². The molecule has 4 nitrogen and oxygen atoms in total. The molecule has 0 aliphatic carbocycles. The van der Waals surface area contributed by atoms with Crippen LogP contribution in [0.15, 0.2) is 34.9 Å². The molecule has 0 amide bonds. The number of thiocarbonyl (C=S) groups is 1. The monoisotopic (exact) mass is 428 g/mol. The smallest absolute Gasteiger partial charge is 0.193 e. The molecule has 0 saturated heterocycles. The minimum absolute atomic E-state index is 0.304. The number of pyridine rings is 1. The lowest BCUT2D eigenvalue weighted by molar-refractivity contribution is 0.416. The summed E-state index contributed by atoms with van der Waals surface area (Å²) in [7, 11) is 1.50. The molecule has 0 radical (unpaired) electrons. The lowest BCUT2D eigenvalue weighted by Crippen LogP contribution is -2.25. The fourth-order valence-corrected chi connectivity index (χ4v) is 3.11. The van der Waals surface area contributed by atoms with Crippen molar-refractivity contribution in [2.24, 2.45) is 4.40 Å². The highest BCUT2D eigenvalue weighted by atomic mass is 35.5. The van der Waals surface area contributed by atoms with Crippen molar-refractivity contribution in [3.63, 3.8) is 0 Å². The molecule has 0 aliphatic heterocycles. The van der Waals surface area contributed by atoms with Gasteiger partial charge in [-0.25, -0.2) is 0 Å². The first-order chi connectivity index (χ1) is 12.2. The van der Waals surface area contributed by atoms with E-state index in [4.69, 9.17) is 40.2 Å². The fourth-order valence-electron chi connectivity index (χ4n) is 2.05. The molecule has 138 valence electrons. The van der Waals surface area contributed by atoms with Crippen LogP contribution in [0.2, 0.25) is 10.0 Å². The van der Waals surface area contributed by atoms with Gasteiger partial charge in [0.15, 0.2) is 5.05 Å². The molecule has 0 saturated carbocycles. The molecule has 1 heterocycles. The quantitative estimate of drug-likeness (QED) is 0.378. The summed E-state index contributed by atoms with van der Waals surface area (Å²) in [6.07, 6.45) is 3.12. The van der Waals surface area contributed by atoms with E-state index in [1.165, 1.54) is 13.3 Å². The van der Waals surface area contributed by atoms with Crippen molar-refractivity contribution < 1.29 is 9.29 Å². The minimum atomic E-state index is -1.44. The summed E-state index contributed by atoms with van der Waals surface area (Å²) in [6, 6.07) is 7.03. The first-order valence-corrected chi connectivity index (χ1v) is 9.91. The predicted octanol–water partition coefficient (Wildman–Crippen LogP) is 5.26. The lowest BCUT2D eigenvalue weighted by atomic mass is 10.0. The van der Waals surface area contributed by atoms with Crippen LogP contribution in [0.3, 0.4) is 0 Å². The molecule has 8 heteroatoms. The van der Waals surface area contributed by atoms with Crippen LogP contribution >= 0.6 is 35.4 Å². The van der Waals surface area contributed by atoms with Crippen LogP contribution in [-0.2, 0) is 16.1 Å². The second kappa shape index (κ2) is 8.67. The molecule has 1 unspecified atom stereocenters. The van der Waals surface area contributed by atoms with Crippen molar-refractivity contribution in [1.29, 1.82) is 0 Å². The SMILES string of the molecule is COC(=S)c1cccnc1-c1ccc(Cl)c(Cl)c1C=N[S+]([O-])C(C)(C)C. The molecule has 0 spiro atoms. The Morgan fingerprint density at radius 1 is 1.31 bits per heavy atom. The van der Waals surface area contributed by atoms with Crippen molar-refractivity contribution in [1.82, 2.24) is 4.98 Å². The summed E-state index contributed by atoms with van der Waals surface area (Å²) in [5.74, 6) is 0. The number of rotatable bonds is 4. The van der Waals surface area contributed by atoms with Gasteiger partial charge in [-0.15, -0.1) is 0 Å². The second-order valence-corrected chi connectivity index (χ2v) is 9.40. The Balaban J connectivity index is 2.64. The number of aromatic nitrogens is 1. The van der Waals surface area contributed by atoms with Crippen molar-refractivity contribution in [2.45, 2.75) is 25.5 Å². The molecule has 2 rings (SSSR count). The lowest BCUT2D eigenvalue weighted by Gasteiger charge is -2.18. The van der Waals surface area contributed by atoms with Gasteiger partial charge in [0.25, 0.3) is 0 Å². The molecule has 0 aliphatic rings. The number of methoxy groups -OCH3 is 1. The van der Waals surface area contributed by atoms with E-state index in [9.17, 15) is 4.55 Å². The molecule has 1 aromatic carbocycles. The van der Waals surface area contributed by atoms with E-state index < -0.39 is 16.1 Å². The van der Waals surface area contributed by atoms with Gasteiger partial charge < -0.3 is 9.29 Å². The zero-order valence-corrected chi connectivity index (χ0v) is 17.9. The van der Waals surface area contributed by atoms with Gasteiger partial charge in [-0.1, -0.05) is 33.7 Å². The number of nitrogens with zero attached hydrogens (tertiary/aromatic N) is 2. The van der Waals surface area contributed by atoms with E-state index in [1.807, 2.05) is 26.8 Å². The van der Waals surface area contributed by atoms with Crippen LogP contribution in [0.5, 0.6) is 0 Å². The van der Waals surface area contributed by atoms with Crippen LogP contribution in [0.4, 0.5) is 0 Å². The molecular weight excluding hydrogens is 411 g/mol. The van der Waals surface area contributed by atoms with Crippen molar-refractivity contribution in [3.8, 4) is 11.3 Å². The molecule has 1 aromatic heterocycles. The highest BCUT2D eigenvalue weighted by molar-refractivity contribution is 7.91. The van der Waals surface area contributed by atoms with Crippen LogP contribution in [0.25, 0.3) is 11.3 Å². The number of hydrogen-bond donors (Lipinski definition) is 0. The second-order valence-electron chi connectivity index (χ2n) is 6.31. The Morgan fingerprint density at radius 3 is 2.62 bits per heavy atom. The van der Waals surface area contributed by atoms with Gasteiger partial charge in [0.1, 0.15) is 16.1 Å².